The topological polar surface area (TPSA) is 60.2 Å². The molecule has 126 valence electrons. The Balaban J connectivity index is 1.46. The Hall–Kier alpha value is -1.69. The number of rotatable bonds is 5. The van der Waals surface area contributed by atoms with Crippen LogP contribution in [0.4, 0.5) is 0 Å². The summed E-state index contributed by atoms with van der Waals surface area (Å²) in [5, 5.41) is 8.25. The lowest BCUT2D eigenvalue weighted by molar-refractivity contribution is -0.137. The van der Waals surface area contributed by atoms with Crippen molar-refractivity contribution < 1.29 is 9.53 Å². The van der Waals surface area contributed by atoms with Crippen LogP contribution < -0.4 is 0 Å². The number of hydrogen-bond acceptors (Lipinski definition) is 4. The van der Waals surface area contributed by atoms with E-state index in [0.29, 0.717) is 18.4 Å². The maximum atomic E-state index is 12.5. The average molecular weight is 318 g/mol. The molecule has 1 unspecified atom stereocenters. The fraction of sp³-hybridized carbons (Fsp3) is 0.706. The molecule has 1 saturated heterocycles. The van der Waals surface area contributed by atoms with Gasteiger partial charge < -0.3 is 9.64 Å². The number of carbonyl (C=O) groups excluding carboxylic acids is 1. The zero-order chi connectivity index (χ0) is 16.1. The summed E-state index contributed by atoms with van der Waals surface area (Å²) in [7, 11) is 1.66. The molecule has 6 heteroatoms. The van der Waals surface area contributed by atoms with E-state index in [-0.39, 0.29) is 5.92 Å². The van der Waals surface area contributed by atoms with Gasteiger partial charge in [-0.3, -0.25) is 9.48 Å². The number of aromatic nitrogens is 3. The zero-order valence-electron chi connectivity index (χ0n) is 13.9. The van der Waals surface area contributed by atoms with Crippen molar-refractivity contribution in [1.82, 2.24) is 19.9 Å². The molecule has 3 rings (SSSR count). The predicted molar refractivity (Wildman–Crippen MR) is 86.5 cm³/mol. The normalized spacial score (nSPS) is 22.5. The summed E-state index contributed by atoms with van der Waals surface area (Å²) in [5.41, 5.74) is 0.866. The Bertz CT molecular complexity index is 547. The van der Waals surface area contributed by atoms with Gasteiger partial charge in [-0.25, -0.2) is 0 Å². The number of piperidine rings is 1. The highest BCUT2D eigenvalue weighted by atomic mass is 16.5. The fourth-order valence-electron chi connectivity index (χ4n) is 3.52. The van der Waals surface area contributed by atoms with Crippen molar-refractivity contribution in [2.75, 3.05) is 20.2 Å². The number of methoxy groups -OCH3 is 1. The Morgan fingerprint density at radius 3 is 2.83 bits per heavy atom. The SMILES string of the molecule is COCc1cn(CC2CCN(C(=O)C3CC=CCC3)CC2)nn1. The quantitative estimate of drug-likeness (QED) is 0.779. The molecule has 0 spiro atoms. The second kappa shape index (κ2) is 7.73. The van der Waals surface area contributed by atoms with Gasteiger partial charge in [-0.15, -0.1) is 5.10 Å². The van der Waals surface area contributed by atoms with Crippen LogP contribution in [0.2, 0.25) is 0 Å². The lowest BCUT2D eigenvalue weighted by Crippen LogP contribution is -2.42. The fourth-order valence-corrected chi connectivity index (χ4v) is 3.52. The third-order valence-electron chi connectivity index (χ3n) is 4.87. The van der Waals surface area contributed by atoms with Gasteiger partial charge in [0.25, 0.3) is 0 Å². The number of amides is 1. The number of carbonyl (C=O) groups is 1. The lowest BCUT2D eigenvalue weighted by Gasteiger charge is -2.34. The molecule has 0 aromatic carbocycles. The van der Waals surface area contributed by atoms with Crippen LogP contribution >= 0.6 is 0 Å². The van der Waals surface area contributed by atoms with Gasteiger partial charge in [-0.1, -0.05) is 17.4 Å². The van der Waals surface area contributed by atoms with Gasteiger partial charge in [0.05, 0.1) is 12.8 Å². The van der Waals surface area contributed by atoms with Crippen LogP contribution in [0.3, 0.4) is 0 Å². The minimum atomic E-state index is 0.212. The first-order chi connectivity index (χ1) is 11.3. The van der Waals surface area contributed by atoms with Crippen LogP contribution in [0, 0.1) is 11.8 Å². The van der Waals surface area contributed by atoms with Gasteiger partial charge in [0.2, 0.25) is 5.91 Å². The Labute approximate surface area is 137 Å². The molecule has 1 aromatic rings. The molecule has 1 aliphatic carbocycles. The summed E-state index contributed by atoms with van der Waals surface area (Å²) < 4.78 is 6.97. The minimum Gasteiger partial charge on any atom is -0.378 e. The first-order valence-corrected chi connectivity index (χ1v) is 8.58. The standard InChI is InChI=1S/C17H26N4O2/c1-23-13-16-12-21(19-18-16)11-14-7-9-20(10-8-14)17(22)15-5-3-2-4-6-15/h2-3,12,14-15H,4-11,13H2,1H3. The number of ether oxygens (including phenoxy) is 1. The molecule has 1 aromatic heterocycles. The second-order valence-electron chi connectivity index (χ2n) is 6.61. The molecular weight excluding hydrogens is 292 g/mol. The highest BCUT2D eigenvalue weighted by Gasteiger charge is 2.28. The third kappa shape index (κ3) is 4.19. The van der Waals surface area contributed by atoms with E-state index in [1.165, 1.54) is 0 Å². The molecule has 0 N–H and O–H groups in total. The zero-order valence-corrected chi connectivity index (χ0v) is 13.9. The van der Waals surface area contributed by atoms with E-state index in [1.54, 1.807) is 7.11 Å². The van der Waals surface area contributed by atoms with E-state index in [9.17, 15) is 4.79 Å². The van der Waals surface area contributed by atoms with Gasteiger partial charge in [0.15, 0.2) is 0 Å². The lowest BCUT2D eigenvalue weighted by atomic mass is 9.91. The Morgan fingerprint density at radius 2 is 2.13 bits per heavy atom. The van der Waals surface area contributed by atoms with Crippen molar-refractivity contribution in [2.24, 2.45) is 11.8 Å². The molecule has 1 amide bonds. The van der Waals surface area contributed by atoms with E-state index >= 15 is 0 Å². The maximum absolute atomic E-state index is 12.5. The summed E-state index contributed by atoms with van der Waals surface area (Å²) in [6.45, 7) is 3.14. The van der Waals surface area contributed by atoms with Crippen molar-refractivity contribution in [1.29, 1.82) is 0 Å². The van der Waals surface area contributed by atoms with E-state index in [1.807, 2.05) is 10.9 Å². The number of likely N-dealkylation sites (tertiary alicyclic amines) is 1. The molecule has 2 aliphatic rings. The Morgan fingerprint density at radius 1 is 1.30 bits per heavy atom. The molecule has 0 radical (unpaired) electrons. The summed E-state index contributed by atoms with van der Waals surface area (Å²) in [6, 6.07) is 0. The van der Waals surface area contributed by atoms with Crippen LogP contribution in [-0.2, 0) is 22.7 Å². The van der Waals surface area contributed by atoms with E-state index in [4.69, 9.17) is 4.74 Å². The minimum absolute atomic E-state index is 0.212. The molecule has 0 saturated carbocycles. The summed E-state index contributed by atoms with van der Waals surface area (Å²) in [5.74, 6) is 1.14. The number of nitrogens with zero attached hydrogens (tertiary/aromatic N) is 4. The van der Waals surface area contributed by atoms with E-state index < -0.39 is 0 Å². The monoisotopic (exact) mass is 318 g/mol. The molecule has 0 bridgehead atoms. The summed E-state index contributed by atoms with van der Waals surface area (Å²) in [4.78, 5) is 14.6. The van der Waals surface area contributed by atoms with Crippen molar-refractivity contribution in [3.05, 3.63) is 24.0 Å². The Kier molecular flexibility index (Phi) is 5.43. The first kappa shape index (κ1) is 16.2. The second-order valence-corrected chi connectivity index (χ2v) is 6.61. The van der Waals surface area contributed by atoms with Crippen molar-refractivity contribution in [3.63, 3.8) is 0 Å². The molecule has 1 atom stereocenters. The molecule has 1 aliphatic heterocycles. The maximum Gasteiger partial charge on any atom is 0.226 e. The molecule has 6 nitrogen and oxygen atoms in total. The highest BCUT2D eigenvalue weighted by Crippen LogP contribution is 2.25. The summed E-state index contributed by atoms with van der Waals surface area (Å²) >= 11 is 0. The van der Waals surface area contributed by atoms with Crippen molar-refractivity contribution in [3.8, 4) is 0 Å². The smallest absolute Gasteiger partial charge is 0.226 e. The van der Waals surface area contributed by atoms with Crippen LogP contribution in [0.5, 0.6) is 0 Å². The van der Waals surface area contributed by atoms with E-state index in [0.717, 1.165) is 57.4 Å². The van der Waals surface area contributed by atoms with Crippen LogP contribution in [0.1, 0.15) is 37.8 Å². The van der Waals surface area contributed by atoms with Gasteiger partial charge in [-0.2, -0.15) is 0 Å². The molecular formula is C17H26N4O2. The number of hydrogen-bond donors (Lipinski definition) is 0. The van der Waals surface area contributed by atoms with Gasteiger partial charge in [-0.05, 0) is 38.0 Å². The molecule has 2 heterocycles. The largest absolute Gasteiger partial charge is 0.378 e. The number of allylic oxidation sites excluding steroid dienone is 2. The van der Waals surface area contributed by atoms with Crippen LogP contribution in [0.15, 0.2) is 18.3 Å². The van der Waals surface area contributed by atoms with Crippen molar-refractivity contribution >= 4 is 5.91 Å². The highest BCUT2D eigenvalue weighted by molar-refractivity contribution is 5.79. The predicted octanol–water partition coefficient (Wildman–Crippen LogP) is 2.02. The van der Waals surface area contributed by atoms with Gasteiger partial charge in [0, 0.05) is 32.7 Å². The van der Waals surface area contributed by atoms with Crippen LogP contribution in [-0.4, -0.2) is 46.0 Å². The summed E-state index contributed by atoms with van der Waals surface area (Å²) in [6.07, 6.45) is 11.4. The molecule has 23 heavy (non-hydrogen) atoms. The first-order valence-electron chi connectivity index (χ1n) is 8.58. The van der Waals surface area contributed by atoms with Crippen molar-refractivity contribution in [2.45, 2.75) is 45.3 Å². The average Bonchev–Trinajstić information content (AvgIpc) is 3.03. The van der Waals surface area contributed by atoms with E-state index in [2.05, 4.69) is 27.4 Å². The van der Waals surface area contributed by atoms with Crippen LogP contribution in [0.25, 0.3) is 0 Å². The molecule has 1 fully saturated rings. The third-order valence-corrected chi connectivity index (χ3v) is 4.87. The van der Waals surface area contributed by atoms with Gasteiger partial charge in [0.1, 0.15) is 5.69 Å². The van der Waals surface area contributed by atoms with Gasteiger partial charge >= 0.3 is 0 Å².